The van der Waals surface area contributed by atoms with Crippen molar-refractivity contribution in [2.45, 2.75) is 31.8 Å². The number of H-pyrrole nitrogens is 1. The molecule has 2 aromatic carbocycles. The topological polar surface area (TPSA) is 69.2 Å². The first kappa shape index (κ1) is 19.3. The smallest absolute Gasteiger partial charge is 0.227 e. The average molecular weight is 397 g/mol. The fourth-order valence-electron chi connectivity index (χ4n) is 4.20. The minimum Gasteiger partial charge on any atom is -0.394 e. The van der Waals surface area contributed by atoms with Gasteiger partial charge in [-0.1, -0.05) is 30.3 Å². The number of amides is 1. The van der Waals surface area contributed by atoms with Crippen molar-refractivity contribution in [3.05, 3.63) is 77.1 Å². The Morgan fingerprint density at radius 2 is 2.07 bits per heavy atom. The van der Waals surface area contributed by atoms with Crippen LogP contribution >= 0.6 is 0 Å². The van der Waals surface area contributed by atoms with Crippen LogP contribution in [0.3, 0.4) is 0 Å². The molecule has 7 heteroatoms. The van der Waals surface area contributed by atoms with E-state index in [0.29, 0.717) is 6.42 Å². The van der Waals surface area contributed by atoms with Crippen molar-refractivity contribution in [1.29, 1.82) is 0 Å². The summed E-state index contributed by atoms with van der Waals surface area (Å²) in [5, 5.41) is 16.8. The van der Waals surface area contributed by atoms with E-state index in [-0.39, 0.29) is 30.5 Å². The Kier molecular flexibility index (Phi) is 5.15. The third-order valence-electron chi connectivity index (χ3n) is 5.59. The van der Waals surface area contributed by atoms with Crippen molar-refractivity contribution in [3.8, 4) is 11.1 Å². The average Bonchev–Trinajstić information content (AvgIpc) is 3.25. The predicted octanol–water partition coefficient (Wildman–Crippen LogP) is 3.40. The van der Waals surface area contributed by atoms with Crippen molar-refractivity contribution in [3.63, 3.8) is 0 Å². The SMILES string of the molecule is C[C@H]1c2cccc(-c3cn[nH]c3)c2C[C@H](CO)N1C(=O)Cc1cccc(F)c1F. The van der Waals surface area contributed by atoms with Crippen LogP contribution in [0.1, 0.15) is 29.7 Å². The lowest BCUT2D eigenvalue weighted by atomic mass is 9.84. The van der Waals surface area contributed by atoms with Crippen molar-refractivity contribution >= 4 is 5.91 Å². The minimum atomic E-state index is -1.01. The Labute approximate surface area is 167 Å². The van der Waals surface area contributed by atoms with E-state index in [0.717, 1.165) is 28.3 Å². The summed E-state index contributed by atoms with van der Waals surface area (Å²) in [6, 6.07) is 8.93. The van der Waals surface area contributed by atoms with Gasteiger partial charge >= 0.3 is 0 Å². The number of fused-ring (bicyclic) bond motifs is 1. The summed E-state index contributed by atoms with van der Waals surface area (Å²) < 4.78 is 27.6. The lowest BCUT2D eigenvalue weighted by Crippen LogP contribution is -2.49. The zero-order chi connectivity index (χ0) is 20.5. The second-order valence-electron chi connectivity index (χ2n) is 7.27. The lowest BCUT2D eigenvalue weighted by molar-refractivity contribution is -0.137. The fraction of sp³-hybridized carbons (Fsp3) is 0.273. The Morgan fingerprint density at radius 3 is 2.79 bits per heavy atom. The molecule has 2 atom stereocenters. The largest absolute Gasteiger partial charge is 0.394 e. The standard InChI is InChI=1S/C22H21F2N3O2/c1-13-17-5-3-6-18(15-10-25-26-11-15)19(17)9-16(12-28)27(13)21(29)8-14-4-2-7-20(23)22(14)24/h2-7,10-11,13,16,28H,8-9,12H2,1H3,(H,25,26)/t13-,16+/m0/s1. The molecule has 2 heterocycles. The van der Waals surface area contributed by atoms with E-state index in [9.17, 15) is 18.7 Å². The van der Waals surface area contributed by atoms with Crippen LogP contribution in [-0.2, 0) is 17.6 Å². The quantitative estimate of drug-likeness (QED) is 0.709. The molecule has 1 aliphatic heterocycles. The van der Waals surface area contributed by atoms with E-state index in [2.05, 4.69) is 10.2 Å². The molecule has 2 N–H and O–H groups in total. The summed E-state index contributed by atoms with van der Waals surface area (Å²) in [5.41, 5.74) is 3.98. The summed E-state index contributed by atoms with van der Waals surface area (Å²) in [5.74, 6) is -2.33. The molecular formula is C22H21F2N3O2. The van der Waals surface area contributed by atoms with Crippen LogP contribution in [-0.4, -0.2) is 38.8 Å². The highest BCUT2D eigenvalue weighted by molar-refractivity contribution is 5.81. The van der Waals surface area contributed by atoms with Crippen LogP contribution in [0.2, 0.25) is 0 Å². The van der Waals surface area contributed by atoms with Crippen molar-refractivity contribution in [2.24, 2.45) is 0 Å². The fourth-order valence-corrected chi connectivity index (χ4v) is 4.20. The Hall–Kier alpha value is -3.06. The lowest BCUT2D eigenvalue weighted by Gasteiger charge is -2.42. The number of aliphatic hydroxyl groups excluding tert-OH is 1. The maximum atomic E-state index is 14.1. The Balaban J connectivity index is 1.68. The molecule has 0 saturated heterocycles. The third-order valence-corrected chi connectivity index (χ3v) is 5.59. The zero-order valence-electron chi connectivity index (χ0n) is 15.9. The first-order valence-corrected chi connectivity index (χ1v) is 9.47. The molecule has 0 saturated carbocycles. The Morgan fingerprint density at radius 1 is 1.28 bits per heavy atom. The molecule has 3 aromatic rings. The van der Waals surface area contributed by atoms with Crippen LogP contribution in [0.25, 0.3) is 11.1 Å². The Bertz CT molecular complexity index is 1040. The second-order valence-corrected chi connectivity index (χ2v) is 7.27. The number of aromatic nitrogens is 2. The predicted molar refractivity (Wildman–Crippen MR) is 104 cm³/mol. The number of benzene rings is 2. The molecule has 29 heavy (non-hydrogen) atoms. The number of nitrogens with one attached hydrogen (secondary N) is 1. The van der Waals surface area contributed by atoms with Crippen LogP contribution < -0.4 is 0 Å². The highest BCUT2D eigenvalue weighted by Crippen LogP contribution is 2.38. The highest BCUT2D eigenvalue weighted by Gasteiger charge is 2.36. The van der Waals surface area contributed by atoms with Gasteiger partial charge in [0.1, 0.15) is 0 Å². The maximum absolute atomic E-state index is 14.1. The normalized spacial score (nSPS) is 18.6. The molecule has 1 aromatic heterocycles. The first-order chi connectivity index (χ1) is 14.0. The van der Waals surface area contributed by atoms with Crippen LogP contribution in [0, 0.1) is 11.6 Å². The van der Waals surface area contributed by atoms with E-state index in [1.165, 1.54) is 12.1 Å². The molecular weight excluding hydrogens is 376 g/mol. The van der Waals surface area contributed by atoms with Crippen molar-refractivity contribution < 1.29 is 18.7 Å². The summed E-state index contributed by atoms with van der Waals surface area (Å²) in [6.07, 6.45) is 3.74. The van der Waals surface area contributed by atoms with Crippen molar-refractivity contribution in [1.82, 2.24) is 15.1 Å². The highest BCUT2D eigenvalue weighted by atomic mass is 19.2. The van der Waals surface area contributed by atoms with Gasteiger partial charge in [-0.3, -0.25) is 9.89 Å². The number of rotatable bonds is 4. The van der Waals surface area contributed by atoms with Crippen LogP contribution in [0.15, 0.2) is 48.8 Å². The van der Waals surface area contributed by atoms with Crippen molar-refractivity contribution in [2.75, 3.05) is 6.61 Å². The third kappa shape index (κ3) is 3.42. The van der Waals surface area contributed by atoms with E-state index in [1.807, 2.05) is 25.1 Å². The molecule has 150 valence electrons. The van der Waals surface area contributed by atoms with E-state index < -0.39 is 17.7 Å². The molecule has 4 rings (SSSR count). The minimum absolute atomic E-state index is 0.0110. The van der Waals surface area contributed by atoms with Gasteiger partial charge in [-0.25, -0.2) is 8.78 Å². The van der Waals surface area contributed by atoms with Gasteiger partial charge in [0.2, 0.25) is 5.91 Å². The molecule has 1 aliphatic rings. The van der Waals surface area contributed by atoms with Gasteiger partial charge < -0.3 is 10.0 Å². The monoisotopic (exact) mass is 397 g/mol. The summed E-state index contributed by atoms with van der Waals surface area (Å²) in [6.45, 7) is 1.67. The van der Waals surface area contributed by atoms with Gasteiger partial charge in [-0.15, -0.1) is 0 Å². The number of carbonyl (C=O) groups excluding carboxylic acids is 1. The zero-order valence-corrected chi connectivity index (χ0v) is 15.9. The summed E-state index contributed by atoms with van der Waals surface area (Å²) in [4.78, 5) is 14.6. The van der Waals surface area contributed by atoms with Gasteiger partial charge in [0, 0.05) is 17.3 Å². The number of aromatic amines is 1. The first-order valence-electron chi connectivity index (χ1n) is 9.47. The molecule has 0 unspecified atom stereocenters. The van der Waals surface area contributed by atoms with E-state index in [1.54, 1.807) is 17.3 Å². The molecule has 5 nitrogen and oxygen atoms in total. The van der Waals surface area contributed by atoms with E-state index in [4.69, 9.17) is 0 Å². The summed E-state index contributed by atoms with van der Waals surface area (Å²) >= 11 is 0. The van der Waals surface area contributed by atoms with Gasteiger partial charge in [0.15, 0.2) is 11.6 Å². The number of hydrogen-bond acceptors (Lipinski definition) is 3. The number of hydrogen-bond donors (Lipinski definition) is 2. The number of halogens is 2. The number of nitrogens with zero attached hydrogens (tertiary/aromatic N) is 2. The van der Waals surface area contributed by atoms with E-state index >= 15 is 0 Å². The number of carbonyl (C=O) groups is 1. The van der Waals surface area contributed by atoms with Crippen LogP contribution in [0.4, 0.5) is 8.78 Å². The van der Waals surface area contributed by atoms with Gasteiger partial charge in [0.05, 0.1) is 31.3 Å². The number of aliphatic hydroxyl groups is 1. The molecule has 0 fully saturated rings. The second kappa shape index (κ2) is 7.75. The molecule has 0 aliphatic carbocycles. The van der Waals surface area contributed by atoms with Crippen LogP contribution in [0.5, 0.6) is 0 Å². The van der Waals surface area contributed by atoms with Gasteiger partial charge in [-0.2, -0.15) is 5.10 Å². The molecule has 0 radical (unpaired) electrons. The summed E-state index contributed by atoms with van der Waals surface area (Å²) in [7, 11) is 0. The maximum Gasteiger partial charge on any atom is 0.227 e. The molecule has 0 bridgehead atoms. The molecule has 1 amide bonds. The van der Waals surface area contributed by atoms with Gasteiger partial charge in [-0.05, 0) is 36.1 Å². The molecule has 0 spiro atoms. The van der Waals surface area contributed by atoms with Gasteiger partial charge in [0.25, 0.3) is 0 Å².